The van der Waals surface area contributed by atoms with Crippen molar-refractivity contribution in [3.8, 4) is 39.8 Å². The van der Waals surface area contributed by atoms with Gasteiger partial charge in [-0.05, 0) is 53.6 Å². The lowest BCUT2D eigenvalue weighted by Gasteiger charge is -2.01. The van der Waals surface area contributed by atoms with Crippen LogP contribution >= 0.6 is 0 Å². The number of rotatable bonds is 4. The standard InChI is InChI=1S/C25H18N6O/c1-32-23-7-4-18(14-27-23)25-29-20-6-3-17(13-22(20)31-25)16-2-5-19-21(12-16)30-24(28-19)15-8-10-26-11-9-15/h2-14H,1H3,(H,28,30)(H,29,31). The SMILES string of the molecule is COc1ccc(-c2nc3ccc(-c4ccc5nc(-c6ccncc6)[nH]c5c4)cc3[nH]2)cn1. The quantitative estimate of drug-likeness (QED) is 0.408. The molecule has 0 bridgehead atoms. The first kappa shape index (κ1) is 18.3. The number of fused-ring (bicyclic) bond motifs is 2. The number of hydrogen-bond acceptors (Lipinski definition) is 5. The third kappa shape index (κ3) is 3.16. The van der Waals surface area contributed by atoms with Crippen molar-refractivity contribution in [2.24, 2.45) is 0 Å². The van der Waals surface area contributed by atoms with Crippen molar-refractivity contribution in [3.63, 3.8) is 0 Å². The number of nitrogens with zero attached hydrogens (tertiary/aromatic N) is 4. The molecule has 6 rings (SSSR count). The van der Waals surface area contributed by atoms with Gasteiger partial charge in [0.15, 0.2) is 0 Å². The molecule has 154 valence electrons. The van der Waals surface area contributed by atoms with E-state index in [2.05, 4.69) is 44.2 Å². The van der Waals surface area contributed by atoms with E-state index >= 15 is 0 Å². The summed E-state index contributed by atoms with van der Waals surface area (Å²) >= 11 is 0. The Balaban J connectivity index is 1.36. The minimum atomic E-state index is 0.577. The normalized spacial score (nSPS) is 11.3. The number of aromatic amines is 2. The Kier molecular flexibility index (Phi) is 4.18. The molecule has 32 heavy (non-hydrogen) atoms. The fourth-order valence-electron chi connectivity index (χ4n) is 3.80. The van der Waals surface area contributed by atoms with Crippen LogP contribution in [0.3, 0.4) is 0 Å². The smallest absolute Gasteiger partial charge is 0.212 e. The van der Waals surface area contributed by atoms with Crippen LogP contribution in [0.25, 0.3) is 56.0 Å². The van der Waals surface area contributed by atoms with Crippen LogP contribution in [0.2, 0.25) is 0 Å². The molecule has 0 saturated heterocycles. The fourth-order valence-corrected chi connectivity index (χ4v) is 3.80. The monoisotopic (exact) mass is 418 g/mol. The molecule has 2 N–H and O–H groups in total. The summed E-state index contributed by atoms with van der Waals surface area (Å²) < 4.78 is 5.13. The first-order chi connectivity index (χ1) is 15.8. The van der Waals surface area contributed by atoms with Crippen molar-refractivity contribution in [2.45, 2.75) is 0 Å². The third-order valence-corrected chi connectivity index (χ3v) is 5.47. The fraction of sp³-hybridized carbons (Fsp3) is 0.0400. The highest BCUT2D eigenvalue weighted by molar-refractivity contribution is 5.88. The van der Waals surface area contributed by atoms with E-state index in [9.17, 15) is 0 Å². The van der Waals surface area contributed by atoms with Gasteiger partial charge in [0.1, 0.15) is 11.6 Å². The molecule has 0 aliphatic rings. The van der Waals surface area contributed by atoms with Crippen molar-refractivity contribution in [3.05, 3.63) is 79.3 Å². The molecule has 4 heterocycles. The zero-order chi connectivity index (χ0) is 21.5. The van der Waals surface area contributed by atoms with Crippen molar-refractivity contribution < 1.29 is 4.74 Å². The van der Waals surface area contributed by atoms with Gasteiger partial charge in [0.05, 0.1) is 29.2 Å². The van der Waals surface area contributed by atoms with Crippen LogP contribution in [0.5, 0.6) is 5.88 Å². The van der Waals surface area contributed by atoms with Crippen molar-refractivity contribution in [1.29, 1.82) is 0 Å². The van der Waals surface area contributed by atoms with E-state index in [1.807, 2.05) is 36.4 Å². The van der Waals surface area contributed by atoms with Gasteiger partial charge in [-0.3, -0.25) is 4.98 Å². The van der Waals surface area contributed by atoms with Gasteiger partial charge in [0, 0.05) is 35.8 Å². The van der Waals surface area contributed by atoms with Crippen molar-refractivity contribution >= 4 is 22.1 Å². The van der Waals surface area contributed by atoms with Crippen LogP contribution in [0.15, 0.2) is 79.3 Å². The number of aromatic nitrogens is 6. The molecule has 0 aliphatic heterocycles. The highest BCUT2D eigenvalue weighted by Crippen LogP contribution is 2.29. The lowest BCUT2D eigenvalue weighted by atomic mass is 10.0. The van der Waals surface area contributed by atoms with E-state index in [1.165, 1.54) is 0 Å². The predicted molar refractivity (Wildman–Crippen MR) is 124 cm³/mol. The average Bonchev–Trinajstić information content (AvgIpc) is 3.48. The maximum absolute atomic E-state index is 5.13. The van der Waals surface area contributed by atoms with E-state index in [4.69, 9.17) is 14.7 Å². The topological polar surface area (TPSA) is 92.4 Å². The van der Waals surface area contributed by atoms with Crippen LogP contribution < -0.4 is 4.74 Å². The summed E-state index contributed by atoms with van der Waals surface area (Å²) in [6, 6.07) is 20.1. The second kappa shape index (κ2) is 7.31. The molecule has 0 fully saturated rings. The zero-order valence-electron chi connectivity index (χ0n) is 17.2. The number of methoxy groups -OCH3 is 1. The van der Waals surface area contributed by atoms with Gasteiger partial charge >= 0.3 is 0 Å². The molecule has 2 aromatic carbocycles. The summed E-state index contributed by atoms with van der Waals surface area (Å²) in [5.74, 6) is 2.19. The maximum atomic E-state index is 5.13. The summed E-state index contributed by atoms with van der Waals surface area (Å²) in [6.07, 6.45) is 5.29. The largest absolute Gasteiger partial charge is 0.481 e. The third-order valence-electron chi connectivity index (χ3n) is 5.47. The Labute approximate surface area is 183 Å². The van der Waals surface area contributed by atoms with Crippen LogP contribution in [-0.4, -0.2) is 37.0 Å². The molecule has 0 aliphatic carbocycles. The second-order valence-corrected chi connectivity index (χ2v) is 7.46. The number of benzene rings is 2. The maximum Gasteiger partial charge on any atom is 0.212 e. The van der Waals surface area contributed by atoms with E-state index in [0.717, 1.165) is 56.0 Å². The minimum absolute atomic E-state index is 0.577. The van der Waals surface area contributed by atoms with Crippen LogP contribution in [0, 0.1) is 0 Å². The Morgan fingerprint density at radius 2 is 1.25 bits per heavy atom. The van der Waals surface area contributed by atoms with Crippen molar-refractivity contribution in [1.82, 2.24) is 29.9 Å². The van der Waals surface area contributed by atoms with E-state index < -0.39 is 0 Å². The molecular formula is C25H18N6O. The van der Waals surface area contributed by atoms with E-state index in [1.54, 1.807) is 25.7 Å². The molecule has 6 aromatic rings. The van der Waals surface area contributed by atoms with Crippen molar-refractivity contribution in [2.75, 3.05) is 7.11 Å². The molecule has 0 amide bonds. The van der Waals surface area contributed by atoms with Gasteiger partial charge in [0.2, 0.25) is 5.88 Å². The molecule has 7 heteroatoms. The number of ether oxygens (including phenoxy) is 1. The summed E-state index contributed by atoms with van der Waals surface area (Å²) in [6.45, 7) is 0. The zero-order valence-corrected chi connectivity index (χ0v) is 17.2. The summed E-state index contributed by atoms with van der Waals surface area (Å²) in [4.78, 5) is 24.6. The molecular weight excluding hydrogens is 400 g/mol. The van der Waals surface area contributed by atoms with Gasteiger partial charge < -0.3 is 14.7 Å². The summed E-state index contributed by atoms with van der Waals surface area (Å²) in [5.41, 5.74) is 7.91. The van der Waals surface area contributed by atoms with Crippen LogP contribution in [0.1, 0.15) is 0 Å². The molecule has 0 spiro atoms. The van der Waals surface area contributed by atoms with Gasteiger partial charge in [-0.1, -0.05) is 12.1 Å². The highest BCUT2D eigenvalue weighted by atomic mass is 16.5. The second-order valence-electron chi connectivity index (χ2n) is 7.46. The highest BCUT2D eigenvalue weighted by Gasteiger charge is 2.10. The lowest BCUT2D eigenvalue weighted by Crippen LogP contribution is -1.87. The first-order valence-electron chi connectivity index (χ1n) is 10.2. The molecule has 0 unspecified atom stereocenters. The van der Waals surface area contributed by atoms with E-state index in [-0.39, 0.29) is 0 Å². The number of imidazole rings is 2. The Morgan fingerprint density at radius 1 is 0.656 bits per heavy atom. The molecule has 0 radical (unpaired) electrons. The van der Waals surface area contributed by atoms with Gasteiger partial charge in [-0.15, -0.1) is 0 Å². The Morgan fingerprint density at radius 3 is 1.81 bits per heavy atom. The average molecular weight is 418 g/mol. The van der Waals surface area contributed by atoms with Gasteiger partial charge in [0.25, 0.3) is 0 Å². The summed E-state index contributed by atoms with van der Waals surface area (Å²) in [5, 5.41) is 0. The Hall–Kier alpha value is -4.52. The molecule has 7 nitrogen and oxygen atoms in total. The number of pyridine rings is 2. The van der Waals surface area contributed by atoms with Gasteiger partial charge in [-0.2, -0.15) is 0 Å². The summed E-state index contributed by atoms with van der Waals surface area (Å²) in [7, 11) is 1.60. The number of H-pyrrole nitrogens is 2. The first-order valence-corrected chi connectivity index (χ1v) is 10.2. The predicted octanol–water partition coefficient (Wildman–Crippen LogP) is 5.24. The van der Waals surface area contributed by atoms with E-state index in [0.29, 0.717) is 5.88 Å². The van der Waals surface area contributed by atoms with Gasteiger partial charge in [-0.25, -0.2) is 15.0 Å². The minimum Gasteiger partial charge on any atom is -0.481 e. The van der Waals surface area contributed by atoms with Crippen LogP contribution in [0.4, 0.5) is 0 Å². The Bertz CT molecular complexity index is 1550. The number of hydrogen-bond donors (Lipinski definition) is 2. The van der Waals surface area contributed by atoms with Crippen LogP contribution in [-0.2, 0) is 0 Å². The molecule has 4 aromatic heterocycles. The molecule has 0 atom stereocenters. The lowest BCUT2D eigenvalue weighted by molar-refractivity contribution is 0.398. The number of nitrogens with one attached hydrogen (secondary N) is 2. The molecule has 0 saturated carbocycles.